The van der Waals surface area contributed by atoms with E-state index in [1.807, 2.05) is 0 Å². The molecular weight excluding hydrogens is 142 g/mol. The first-order valence-electron chi connectivity index (χ1n) is 4.08. The number of hydrogen-bond acceptors (Lipinski definition) is 3. The molecule has 0 saturated carbocycles. The molecule has 1 saturated heterocycles. The van der Waals surface area contributed by atoms with E-state index in [2.05, 4.69) is 5.43 Å². The highest BCUT2D eigenvalue weighted by molar-refractivity contribution is 5.75. The van der Waals surface area contributed by atoms with Gasteiger partial charge in [-0.3, -0.25) is 9.80 Å². The van der Waals surface area contributed by atoms with E-state index in [4.69, 9.17) is 5.73 Å². The van der Waals surface area contributed by atoms with E-state index in [0.29, 0.717) is 13.0 Å². The Hall–Kier alpha value is -0.610. The summed E-state index contributed by atoms with van der Waals surface area (Å²) in [6.07, 6.45) is 2.43. The molecule has 3 N–H and O–H groups in total. The lowest BCUT2D eigenvalue weighted by Crippen LogP contribution is -2.36. The molecule has 0 spiro atoms. The summed E-state index contributed by atoms with van der Waals surface area (Å²) in [6, 6.07) is 0. The molecule has 0 atom stereocenters. The summed E-state index contributed by atoms with van der Waals surface area (Å²) in [4.78, 5) is 11.2. The standard InChI is InChI=1S/C7H15N3O/c8-4-1-3-7(11)10-6-2-5-9-10/h9H,1-6,8H2. The summed E-state index contributed by atoms with van der Waals surface area (Å²) in [5, 5.41) is 1.69. The van der Waals surface area contributed by atoms with Crippen LogP contribution in [0.2, 0.25) is 0 Å². The van der Waals surface area contributed by atoms with Crippen LogP contribution in [0.5, 0.6) is 0 Å². The van der Waals surface area contributed by atoms with Gasteiger partial charge in [-0.2, -0.15) is 0 Å². The fourth-order valence-electron chi connectivity index (χ4n) is 1.13. The van der Waals surface area contributed by atoms with E-state index in [0.717, 1.165) is 25.9 Å². The minimum absolute atomic E-state index is 0.174. The van der Waals surface area contributed by atoms with Crippen molar-refractivity contribution in [1.82, 2.24) is 10.4 Å². The van der Waals surface area contributed by atoms with Gasteiger partial charge >= 0.3 is 0 Å². The second-order valence-electron chi connectivity index (χ2n) is 2.70. The van der Waals surface area contributed by atoms with Gasteiger partial charge in [-0.1, -0.05) is 0 Å². The predicted molar refractivity (Wildman–Crippen MR) is 42.6 cm³/mol. The molecule has 11 heavy (non-hydrogen) atoms. The summed E-state index contributed by atoms with van der Waals surface area (Å²) in [6.45, 7) is 2.37. The van der Waals surface area contributed by atoms with Crippen LogP contribution in [-0.2, 0) is 4.79 Å². The summed E-state index contributed by atoms with van der Waals surface area (Å²) in [7, 11) is 0. The van der Waals surface area contributed by atoms with Crippen molar-refractivity contribution in [3.05, 3.63) is 0 Å². The van der Waals surface area contributed by atoms with E-state index >= 15 is 0 Å². The number of nitrogens with two attached hydrogens (primary N) is 1. The highest BCUT2D eigenvalue weighted by Crippen LogP contribution is 2.00. The Morgan fingerprint density at radius 2 is 2.45 bits per heavy atom. The lowest BCUT2D eigenvalue weighted by molar-refractivity contribution is -0.132. The zero-order valence-corrected chi connectivity index (χ0v) is 6.68. The first-order valence-corrected chi connectivity index (χ1v) is 4.08. The molecule has 4 heteroatoms. The van der Waals surface area contributed by atoms with Crippen molar-refractivity contribution in [2.45, 2.75) is 19.3 Å². The topological polar surface area (TPSA) is 58.4 Å². The molecular formula is C7H15N3O. The van der Waals surface area contributed by atoms with Gasteiger partial charge in [0, 0.05) is 19.5 Å². The average molecular weight is 157 g/mol. The molecule has 0 unspecified atom stereocenters. The fourth-order valence-corrected chi connectivity index (χ4v) is 1.13. The van der Waals surface area contributed by atoms with Gasteiger partial charge in [0.05, 0.1) is 0 Å². The van der Waals surface area contributed by atoms with Crippen LogP contribution in [0.1, 0.15) is 19.3 Å². The van der Waals surface area contributed by atoms with Gasteiger partial charge in [-0.15, -0.1) is 0 Å². The van der Waals surface area contributed by atoms with E-state index in [-0.39, 0.29) is 5.91 Å². The van der Waals surface area contributed by atoms with Crippen LogP contribution in [0.3, 0.4) is 0 Å². The maximum atomic E-state index is 11.2. The monoisotopic (exact) mass is 157 g/mol. The molecule has 1 fully saturated rings. The van der Waals surface area contributed by atoms with Gasteiger partial charge in [0.15, 0.2) is 0 Å². The van der Waals surface area contributed by atoms with Crippen molar-refractivity contribution in [3.8, 4) is 0 Å². The number of hydrogen-bond donors (Lipinski definition) is 2. The minimum atomic E-state index is 0.174. The second kappa shape index (κ2) is 4.31. The fraction of sp³-hybridized carbons (Fsp3) is 0.857. The Balaban J connectivity index is 2.17. The van der Waals surface area contributed by atoms with Gasteiger partial charge < -0.3 is 5.73 Å². The number of nitrogens with zero attached hydrogens (tertiary/aromatic N) is 1. The third-order valence-corrected chi connectivity index (χ3v) is 1.76. The summed E-state index contributed by atoms with van der Waals surface area (Å²) < 4.78 is 0. The van der Waals surface area contributed by atoms with E-state index < -0.39 is 0 Å². The molecule has 1 heterocycles. The molecule has 1 rings (SSSR count). The normalized spacial score (nSPS) is 17.4. The van der Waals surface area contributed by atoms with Crippen LogP contribution in [0.25, 0.3) is 0 Å². The van der Waals surface area contributed by atoms with Crippen molar-refractivity contribution in [2.75, 3.05) is 19.6 Å². The quantitative estimate of drug-likeness (QED) is 0.578. The van der Waals surface area contributed by atoms with Gasteiger partial charge in [-0.05, 0) is 19.4 Å². The van der Waals surface area contributed by atoms with E-state index in [1.54, 1.807) is 5.01 Å². The van der Waals surface area contributed by atoms with Crippen molar-refractivity contribution in [2.24, 2.45) is 5.73 Å². The second-order valence-corrected chi connectivity index (χ2v) is 2.70. The first-order chi connectivity index (χ1) is 5.34. The Bertz CT molecular complexity index is 132. The van der Waals surface area contributed by atoms with Crippen molar-refractivity contribution in [3.63, 3.8) is 0 Å². The number of rotatable bonds is 3. The van der Waals surface area contributed by atoms with E-state index in [1.165, 1.54) is 0 Å². The van der Waals surface area contributed by atoms with Crippen LogP contribution in [0.4, 0.5) is 0 Å². The Morgan fingerprint density at radius 1 is 1.64 bits per heavy atom. The lowest BCUT2D eigenvalue weighted by atomic mass is 10.3. The Labute approximate surface area is 66.7 Å². The minimum Gasteiger partial charge on any atom is -0.330 e. The van der Waals surface area contributed by atoms with Crippen molar-refractivity contribution in [1.29, 1.82) is 0 Å². The maximum Gasteiger partial charge on any atom is 0.236 e. The molecule has 1 aliphatic heterocycles. The maximum absolute atomic E-state index is 11.2. The number of hydrazine groups is 1. The van der Waals surface area contributed by atoms with Crippen molar-refractivity contribution < 1.29 is 4.79 Å². The number of carbonyl (C=O) groups is 1. The molecule has 1 amide bonds. The largest absolute Gasteiger partial charge is 0.330 e. The zero-order valence-electron chi connectivity index (χ0n) is 6.68. The van der Waals surface area contributed by atoms with Crippen LogP contribution in [0, 0.1) is 0 Å². The molecule has 0 aromatic rings. The summed E-state index contributed by atoms with van der Waals surface area (Å²) >= 11 is 0. The van der Waals surface area contributed by atoms with Crippen molar-refractivity contribution >= 4 is 5.91 Å². The van der Waals surface area contributed by atoms with Crippen LogP contribution in [-0.4, -0.2) is 30.6 Å². The average Bonchev–Trinajstić information content (AvgIpc) is 2.52. The SMILES string of the molecule is NCCCC(=O)N1CCCN1. The predicted octanol–water partition coefficient (Wildman–Crippen LogP) is -0.538. The molecule has 4 nitrogen and oxygen atoms in total. The van der Waals surface area contributed by atoms with Crippen LogP contribution in [0.15, 0.2) is 0 Å². The van der Waals surface area contributed by atoms with Gasteiger partial charge in [0.1, 0.15) is 0 Å². The molecule has 0 radical (unpaired) electrons. The first kappa shape index (κ1) is 8.49. The highest BCUT2D eigenvalue weighted by Gasteiger charge is 2.15. The molecule has 0 aromatic heterocycles. The zero-order chi connectivity index (χ0) is 8.10. The third-order valence-electron chi connectivity index (χ3n) is 1.76. The number of amides is 1. The highest BCUT2D eigenvalue weighted by atomic mass is 16.2. The Morgan fingerprint density at radius 3 is 3.00 bits per heavy atom. The van der Waals surface area contributed by atoms with Crippen LogP contribution >= 0.6 is 0 Å². The molecule has 64 valence electrons. The molecule has 0 aliphatic carbocycles. The van der Waals surface area contributed by atoms with Gasteiger partial charge in [0.25, 0.3) is 0 Å². The molecule has 0 bridgehead atoms. The number of carbonyl (C=O) groups excluding carboxylic acids is 1. The molecule has 1 aliphatic rings. The van der Waals surface area contributed by atoms with Gasteiger partial charge in [-0.25, -0.2) is 5.43 Å². The van der Waals surface area contributed by atoms with Crippen LogP contribution < -0.4 is 11.2 Å². The number of nitrogens with one attached hydrogen (secondary N) is 1. The molecule has 0 aromatic carbocycles. The summed E-state index contributed by atoms with van der Waals surface area (Å²) in [5.74, 6) is 0.174. The summed E-state index contributed by atoms with van der Waals surface area (Å²) in [5.41, 5.74) is 8.29. The third kappa shape index (κ3) is 2.48. The van der Waals surface area contributed by atoms with E-state index in [9.17, 15) is 4.79 Å². The van der Waals surface area contributed by atoms with Gasteiger partial charge in [0.2, 0.25) is 5.91 Å². The Kier molecular flexibility index (Phi) is 3.32. The lowest BCUT2D eigenvalue weighted by Gasteiger charge is -2.14. The smallest absolute Gasteiger partial charge is 0.236 e.